The fourth-order valence-corrected chi connectivity index (χ4v) is 2.86. The first kappa shape index (κ1) is 19.1. The van der Waals surface area contributed by atoms with Crippen LogP contribution in [-0.4, -0.2) is 29.3 Å². The summed E-state index contributed by atoms with van der Waals surface area (Å²) in [6.07, 6.45) is 0. The number of carbonyl (C=O) groups excluding carboxylic acids is 1. The summed E-state index contributed by atoms with van der Waals surface area (Å²) in [4.78, 5) is 24.2. The van der Waals surface area contributed by atoms with Gasteiger partial charge in [-0.1, -0.05) is 0 Å². The number of methoxy groups -OCH3 is 1. The Hall–Kier alpha value is -2.68. The van der Waals surface area contributed by atoms with Crippen LogP contribution < -0.4 is 15.6 Å². The van der Waals surface area contributed by atoms with Crippen molar-refractivity contribution in [1.82, 2.24) is 15.1 Å². The van der Waals surface area contributed by atoms with Crippen LogP contribution in [-0.2, 0) is 6.54 Å². The fourth-order valence-electron chi connectivity index (χ4n) is 2.50. The summed E-state index contributed by atoms with van der Waals surface area (Å²) < 4.78 is 7.57. The molecule has 0 aliphatic carbocycles. The van der Waals surface area contributed by atoms with Gasteiger partial charge in [0.1, 0.15) is 5.75 Å². The largest absolute Gasteiger partial charge is 0.497 e. The van der Waals surface area contributed by atoms with E-state index < -0.39 is 0 Å². The lowest BCUT2D eigenvalue weighted by Gasteiger charge is -2.09. The summed E-state index contributed by atoms with van der Waals surface area (Å²) in [6, 6.07) is 17.9. The molecule has 0 spiro atoms. The average Bonchev–Trinajstić information content (AvgIpc) is 2.70. The highest BCUT2D eigenvalue weighted by Gasteiger charge is 2.07. The summed E-state index contributed by atoms with van der Waals surface area (Å²) in [7, 11) is 1.61. The Labute approximate surface area is 170 Å². The lowest BCUT2D eigenvalue weighted by molar-refractivity contribution is 0.0951. The summed E-state index contributed by atoms with van der Waals surface area (Å²) in [5.74, 6) is 0.580. The van der Waals surface area contributed by atoms with E-state index in [4.69, 9.17) is 4.74 Å². The zero-order chi connectivity index (χ0) is 19.2. The molecule has 0 atom stereocenters. The van der Waals surface area contributed by atoms with Gasteiger partial charge < -0.3 is 10.1 Å². The van der Waals surface area contributed by atoms with Crippen LogP contribution in [0.5, 0.6) is 5.75 Å². The van der Waals surface area contributed by atoms with Crippen molar-refractivity contribution in [1.29, 1.82) is 0 Å². The van der Waals surface area contributed by atoms with E-state index in [2.05, 4.69) is 33.0 Å². The number of nitrogens with zero attached hydrogens (tertiary/aromatic N) is 2. The summed E-state index contributed by atoms with van der Waals surface area (Å²) >= 11 is 2.19. The van der Waals surface area contributed by atoms with Crippen LogP contribution in [0, 0.1) is 3.57 Å². The van der Waals surface area contributed by atoms with Gasteiger partial charge in [0.25, 0.3) is 11.5 Å². The number of rotatable bonds is 6. The van der Waals surface area contributed by atoms with Crippen molar-refractivity contribution in [3.05, 3.63) is 80.2 Å². The number of benzene rings is 2. The molecule has 6 nitrogen and oxygen atoms in total. The first-order valence-electron chi connectivity index (χ1n) is 8.33. The molecule has 0 saturated carbocycles. The Balaban J connectivity index is 1.66. The smallest absolute Gasteiger partial charge is 0.266 e. The van der Waals surface area contributed by atoms with Gasteiger partial charge in [0, 0.05) is 27.3 Å². The molecule has 7 heteroatoms. The van der Waals surface area contributed by atoms with Crippen LogP contribution in [0.1, 0.15) is 10.4 Å². The molecule has 0 saturated heterocycles. The third-order valence-electron chi connectivity index (χ3n) is 3.97. The quantitative estimate of drug-likeness (QED) is 0.557. The minimum Gasteiger partial charge on any atom is -0.497 e. The lowest BCUT2D eigenvalue weighted by Crippen LogP contribution is -2.31. The van der Waals surface area contributed by atoms with Crippen molar-refractivity contribution in [2.75, 3.05) is 13.7 Å². The number of ether oxygens (including phenoxy) is 1. The monoisotopic (exact) mass is 475 g/mol. The third kappa shape index (κ3) is 4.94. The highest BCUT2D eigenvalue weighted by Crippen LogP contribution is 2.19. The zero-order valence-corrected chi connectivity index (χ0v) is 16.8. The molecule has 1 amide bonds. The molecular formula is C20H18IN3O3. The number of nitrogens with one attached hydrogen (secondary N) is 1. The molecule has 27 heavy (non-hydrogen) atoms. The second-order valence-corrected chi connectivity index (χ2v) is 7.02. The molecule has 138 valence electrons. The van der Waals surface area contributed by atoms with Gasteiger partial charge >= 0.3 is 0 Å². The number of hydrogen-bond donors (Lipinski definition) is 1. The lowest BCUT2D eigenvalue weighted by atomic mass is 10.1. The van der Waals surface area contributed by atoms with Gasteiger partial charge in [-0.3, -0.25) is 9.59 Å². The Morgan fingerprint density at radius 3 is 2.44 bits per heavy atom. The molecule has 1 heterocycles. The van der Waals surface area contributed by atoms with E-state index in [1.54, 1.807) is 25.3 Å². The standard InChI is InChI=1S/C20H18IN3O3/c1-27-17-8-4-14(5-9-17)18-10-11-19(25)24(23-18)13-12-22-20(26)15-2-6-16(21)7-3-15/h2-11H,12-13H2,1H3,(H,22,26). The van der Waals surface area contributed by atoms with E-state index in [1.807, 2.05) is 36.4 Å². The molecule has 0 radical (unpaired) electrons. The molecule has 0 fully saturated rings. The van der Waals surface area contributed by atoms with Gasteiger partial charge in [0.2, 0.25) is 0 Å². The minimum atomic E-state index is -0.212. The van der Waals surface area contributed by atoms with Crippen molar-refractivity contribution < 1.29 is 9.53 Å². The average molecular weight is 475 g/mol. The SMILES string of the molecule is COc1ccc(-c2ccc(=O)n(CCNC(=O)c3ccc(I)cc3)n2)cc1. The predicted octanol–water partition coefficient (Wildman–Crippen LogP) is 2.95. The number of halogens is 1. The highest BCUT2D eigenvalue weighted by atomic mass is 127. The van der Waals surface area contributed by atoms with E-state index in [-0.39, 0.29) is 11.5 Å². The van der Waals surface area contributed by atoms with E-state index in [9.17, 15) is 9.59 Å². The first-order chi connectivity index (χ1) is 13.1. The zero-order valence-electron chi connectivity index (χ0n) is 14.7. The van der Waals surface area contributed by atoms with Crippen LogP contribution in [0.4, 0.5) is 0 Å². The van der Waals surface area contributed by atoms with E-state index in [0.717, 1.165) is 14.9 Å². The molecule has 2 aromatic carbocycles. The van der Waals surface area contributed by atoms with E-state index in [0.29, 0.717) is 24.3 Å². The molecule has 3 aromatic rings. The normalized spacial score (nSPS) is 10.4. The summed E-state index contributed by atoms with van der Waals surface area (Å²) in [5, 5.41) is 7.20. The third-order valence-corrected chi connectivity index (χ3v) is 4.69. The number of aromatic nitrogens is 2. The van der Waals surface area contributed by atoms with Gasteiger partial charge in [-0.2, -0.15) is 5.10 Å². The highest BCUT2D eigenvalue weighted by molar-refractivity contribution is 14.1. The van der Waals surface area contributed by atoms with Crippen molar-refractivity contribution in [3.8, 4) is 17.0 Å². The Bertz CT molecular complexity index is 983. The second-order valence-electron chi connectivity index (χ2n) is 5.77. The van der Waals surface area contributed by atoms with Gasteiger partial charge in [-0.25, -0.2) is 4.68 Å². The Morgan fingerprint density at radius 1 is 1.07 bits per heavy atom. The summed E-state index contributed by atoms with van der Waals surface area (Å²) in [6.45, 7) is 0.600. The minimum absolute atomic E-state index is 0.175. The first-order valence-corrected chi connectivity index (χ1v) is 9.41. The maximum absolute atomic E-state index is 12.1. The van der Waals surface area contributed by atoms with Crippen LogP contribution in [0.2, 0.25) is 0 Å². The topological polar surface area (TPSA) is 73.2 Å². The molecular weight excluding hydrogens is 457 g/mol. The van der Waals surface area contributed by atoms with Gasteiger partial charge in [0.05, 0.1) is 19.3 Å². The maximum atomic E-state index is 12.1. The number of carbonyl (C=O) groups is 1. The van der Waals surface area contributed by atoms with Gasteiger partial charge in [-0.05, 0) is 77.2 Å². The number of amides is 1. The Kier molecular flexibility index (Phi) is 6.23. The van der Waals surface area contributed by atoms with Crippen LogP contribution in [0.15, 0.2) is 65.5 Å². The second kappa shape index (κ2) is 8.81. The molecule has 0 aliphatic heterocycles. The van der Waals surface area contributed by atoms with Gasteiger partial charge in [0.15, 0.2) is 0 Å². The van der Waals surface area contributed by atoms with Crippen molar-refractivity contribution in [3.63, 3.8) is 0 Å². The predicted molar refractivity (Wildman–Crippen MR) is 112 cm³/mol. The van der Waals surface area contributed by atoms with Crippen LogP contribution in [0.3, 0.4) is 0 Å². The van der Waals surface area contributed by atoms with Crippen molar-refractivity contribution in [2.45, 2.75) is 6.54 Å². The maximum Gasteiger partial charge on any atom is 0.266 e. The Morgan fingerprint density at radius 2 is 1.78 bits per heavy atom. The molecule has 0 unspecified atom stereocenters. The van der Waals surface area contributed by atoms with Gasteiger partial charge in [-0.15, -0.1) is 0 Å². The van der Waals surface area contributed by atoms with Crippen LogP contribution in [0.25, 0.3) is 11.3 Å². The molecule has 3 rings (SSSR count). The van der Waals surface area contributed by atoms with E-state index >= 15 is 0 Å². The van der Waals surface area contributed by atoms with Crippen molar-refractivity contribution >= 4 is 28.5 Å². The molecule has 0 aliphatic rings. The molecule has 1 aromatic heterocycles. The van der Waals surface area contributed by atoms with E-state index in [1.165, 1.54) is 10.7 Å². The molecule has 1 N–H and O–H groups in total. The molecule has 0 bridgehead atoms. The van der Waals surface area contributed by atoms with Crippen LogP contribution >= 0.6 is 22.6 Å². The fraction of sp³-hybridized carbons (Fsp3) is 0.150. The number of hydrogen-bond acceptors (Lipinski definition) is 4. The summed E-state index contributed by atoms with van der Waals surface area (Å²) in [5.41, 5.74) is 1.94. The van der Waals surface area contributed by atoms with Crippen molar-refractivity contribution in [2.24, 2.45) is 0 Å².